The van der Waals surface area contributed by atoms with E-state index < -0.39 is 17.9 Å². The topological polar surface area (TPSA) is 113 Å². The lowest BCUT2D eigenvalue weighted by Crippen LogP contribution is -2.27. The van der Waals surface area contributed by atoms with E-state index in [1.807, 2.05) is 0 Å². The van der Waals surface area contributed by atoms with E-state index >= 15 is 0 Å². The summed E-state index contributed by atoms with van der Waals surface area (Å²) < 4.78 is 8.80. The summed E-state index contributed by atoms with van der Waals surface area (Å²) in [5.41, 5.74) is 0. The second-order valence-corrected chi connectivity index (χ2v) is 2.90. The molecule has 0 aromatic heterocycles. The minimum Gasteiger partial charge on any atom is -0.466 e. The highest BCUT2D eigenvalue weighted by molar-refractivity contribution is 5.91. The summed E-state index contributed by atoms with van der Waals surface area (Å²) in [6, 6.07) is 0. The van der Waals surface area contributed by atoms with Gasteiger partial charge in [-0.05, 0) is 6.42 Å². The third-order valence-corrected chi connectivity index (χ3v) is 1.46. The fourth-order valence-electron chi connectivity index (χ4n) is 0.734. The molecule has 92 valence electrons. The predicted octanol–water partition coefficient (Wildman–Crippen LogP) is -1.33. The summed E-state index contributed by atoms with van der Waals surface area (Å²) in [6.45, 7) is -0.103. The normalized spacial score (nSPS) is 11.5. The second-order valence-electron chi connectivity index (χ2n) is 2.90. The van der Waals surface area contributed by atoms with E-state index in [9.17, 15) is 9.59 Å². The Balaban J connectivity index is 3.67. The molecule has 0 spiro atoms. The minimum absolute atomic E-state index is 0.0707. The smallest absolute Gasteiger partial charge is 0.331 e. The first-order valence-corrected chi connectivity index (χ1v) is 4.45. The number of aliphatic hydroxyl groups is 3. The van der Waals surface area contributed by atoms with Gasteiger partial charge in [0.2, 0.25) is 0 Å². The fourth-order valence-corrected chi connectivity index (χ4v) is 0.734. The van der Waals surface area contributed by atoms with Gasteiger partial charge in [-0.15, -0.1) is 0 Å². The zero-order valence-electron chi connectivity index (χ0n) is 8.75. The predicted molar refractivity (Wildman–Crippen MR) is 50.7 cm³/mol. The van der Waals surface area contributed by atoms with E-state index in [0.717, 1.165) is 12.2 Å². The van der Waals surface area contributed by atoms with Gasteiger partial charge in [-0.3, -0.25) is 0 Å². The van der Waals surface area contributed by atoms with Crippen LogP contribution in [-0.2, 0) is 19.1 Å². The Morgan fingerprint density at radius 3 is 2.25 bits per heavy atom. The highest BCUT2D eigenvalue weighted by atomic mass is 16.7. The average Bonchev–Trinajstić information content (AvgIpc) is 2.19. The Hall–Kier alpha value is -1.44. The van der Waals surface area contributed by atoms with Crippen LogP contribution in [0, 0.1) is 0 Å². The van der Waals surface area contributed by atoms with Crippen molar-refractivity contribution in [1.82, 2.24) is 0 Å². The number of methoxy groups -OCH3 is 1. The average molecular weight is 234 g/mol. The van der Waals surface area contributed by atoms with E-state index in [1.165, 1.54) is 7.11 Å². The molecule has 0 bridgehead atoms. The number of carbonyl (C=O) groups excluding carboxylic acids is 2. The highest BCUT2D eigenvalue weighted by Crippen LogP contribution is 2.03. The monoisotopic (exact) mass is 234 g/mol. The molecule has 0 saturated carbocycles. The number of carbonyl (C=O) groups is 2. The van der Waals surface area contributed by atoms with Gasteiger partial charge in [0.05, 0.1) is 13.7 Å². The van der Waals surface area contributed by atoms with Crippen molar-refractivity contribution < 1.29 is 34.4 Å². The first kappa shape index (κ1) is 14.6. The number of ether oxygens (including phenoxy) is 2. The molecule has 0 unspecified atom stereocenters. The van der Waals surface area contributed by atoms with Gasteiger partial charge in [0.15, 0.2) is 0 Å². The van der Waals surface area contributed by atoms with Crippen molar-refractivity contribution >= 4 is 11.9 Å². The van der Waals surface area contributed by atoms with Gasteiger partial charge >= 0.3 is 11.9 Å². The van der Waals surface area contributed by atoms with Gasteiger partial charge in [0.25, 0.3) is 5.97 Å². The lowest BCUT2D eigenvalue weighted by atomic mass is 10.3. The second kappa shape index (κ2) is 6.94. The highest BCUT2D eigenvalue weighted by Gasteiger charge is 2.17. The van der Waals surface area contributed by atoms with Crippen LogP contribution in [-0.4, -0.2) is 46.9 Å². The fraction of sp³-hybridized carbons (Fsp3) is 0.556. The molecule has 0 amide bonds. The van der Waals surface area contributed by atoms with Crippen LogP contribution in [0.5, 0.6) is 0 Å². The quantitative estimate of drug-likeness (QED) is 0.226. The van der Waals surface area contributed by atoms with Crippen molar-refractivity contribution in [3.8, 4) is 0 Å². The van der Waals surface area contributed by atoms with Gasteiger partial charge in [0, 0.05) is 18.6 Å². The standard InChI is InChI=1S/C9H14O7/c1-15-7(10)3-4-8(11)16-6-2-5-9(12,13)14/h3-4,12-14H,2,5-6H2,1H3/b4-3+. The lowest BCUT2D eigenvalue weighted by Gasteiger charge is -2.12. The van der Waals surface area contributed by atoms with Gasteiger partial charge in [-0.2, -0.15) is 0 Å². The maximum Gasteiger partial charge on any atom is 0.331 e. The molecule has 0 radical (unpaired) electrons. The van der Waals surface area contributed by atoms with Crippen molar-refractivity contribution in [3.05, 3.63) is 12.2 Å². The minimum atomic E-state index is -2.76. The third kappa shape index (κ3) is 9.13. The molecular formula is C9H14O7. The zero-order chi connectivity index (χ0) is 12.6. The van der Waals surface area contributed by atoms with Crippen LogP contribution in [0.1, 0.15) is 12.8 Å². The molecule has 0 saturated heterocycles. The van der Waals surface area contributed by atoms with Gasteiger partial charge in [-0.1, -0.05) is 0 Å². The van der Waals surface area contributed by atoms with Crippen LogP contribution in [0.25, 0.3) is 0 Å². The molecular weight excluding hydrogens is 220 g/mol. The Morgan fingerprint density at radius 2 is 1.75 bits per heavy atom. The maximum atomic E-state index is 10.9. The molecule has 0 rings (SSSR count). The molecule has 0 aromatic rings. The summed E-state index contributed by atoms with van der Waals surface area (Å²) in [6.07, 6.45) is 1.51. The Labute approximate surface area is 91.9 Å². The van der Waals surface area contributed by atoms with E-state index in [-0.39, 0.29) is 19.4 Å². The number of rotatable bonds is 6. The molecule has 7 heteroatoms. The van der Waals surface area contributed by atoms with Gasteiger partial charge in [0.1, 0.15) is 0 Å². The summed E-state index contributed by atoms with van der Waals surface area (Å²) in [5, 5.41) is 25.5. The zero-order valence-corrected chi connectivity index (χ0v) is 8.75. The molecule has 0 heterocycles. The molecule has 0 aliphatic rings. The summed E-state index contributed by atoms with van der Waals surface area (Å²) in [4.78, 5) is 21.4. The number of hydrogen-bond acceptors (Lipinski definition) is 7. The van der Waals surface area contributed by atoms with E-state index in [1.54, 1.807) is 0 Å². The summed E-state index contributed by atoms with van der Waals surface area (Å²) in [7, 11) is 1.17. The van der Waals surface area contributed by atoms with Crippen molar-refractivity contribution in [1.29, 1.82) is 0 Å². The summed E-state index contributed by atoms with van der Waals surface area (Å²) >= 11 is 0. The Morgan fingerprint density at radius 1 is 1.19 bits per heavy atom. The molecule has 16 heavy (non-hydrogen) atoms. The van der Waals surface area contributed by atoms with E-state index in [4.69, 9.17) is 15.3 Å². The molecule has 0 aliphatic heterocycles. The van der Waals surface area contributed by atoms with Crippen LogP contribution in [0.2, 0.25) is 0 Å². The van der Waals surface area contributed by atoms with Crippen molar-refractivity contribution in [2.45, 2.75) is 18.8 Å². The molecule has 0 fully saturated rings. The number of hydrogen-bond donors (Lipinski definition) is 3. The maximum absolute atomic E-state index is 10.9. The van der Waals surface area contributed by atoms with Gasteiger partial charge in [-0.25, -0.2) is 9.59 Å². The van der Waals surface area contributed by atoms with Crippen LogP contribution in [0.4, 0.5) is 0 Å². The first-order chi connectivity index (χ1) is 7.35. The van der Waals surface area contributed by atoms with Gasteiger partial charge < -0.3 is 24.8 Å². The molecule has 7 nitrogen and oxygen atoms in total. The Kier molecular flexibility index (Phi) is 6.31. The third-order valence-electron chi connectivity index (χ3n) is 1.46. The Bertz CT molecular complexity index is 264. The lowest BCUT2D eigenvalue weighted by molar-refractivity contribution is -0.315. The van der Waals surface area contributed by atoms with Crippen molar-refractivity contribution in [3.63, 3.8) is 0 Å². The largest absolute Gasteiger partial charge is 0.466 e. The molecule has 0 atom stereocenters. The van der Waals surface area contributed by atoms with Crippen molar-refractivity contribution in [2.75, 3.05) is 13.7 Å². The molecule has 0 aromatic carbocycles. The number of esters is 2. The van der Waals surface area contributed by atoms with E-state index in [0.29, 0.717) is 0 Å². The molecule has 0 aliphatic carbocycles. The van der Waals surface area contributed by atoms with Crippen molar-refractivity contribution in [2.24, 2.45) is 0 Å². The SMILES string of the molecule is COC(=O)/C=C/C(=O)OCCCC(O)(O)O. The first-order valence-electron chi connectivity index (χ1n) is 4.45. The van der Waals surface area contributed by atoms with Crippen LogP contribution >= 0.6 is 0 Å². The van der Waals surface area contributed by atoms with E-state index in [2.05, 4.69) is 9.47 Å². The summed E-state index contributed by atoms with van der Waals surface area (Å²) in [5.74, 6) is -4.20. The molecule has 3 N–H and O–H groups in total. The van der Waals surface area contributed by atoms with Crippen LogP contribution < -0.4 is 0 Å². The van der Waals surface area contributed by atoms with Crippen LogP contribution in [0.15, 0.2) is 12.2 Å². The van der Waals surface area contributed by atoms with Crippen LogP contribution in [0.3, 0.4) is 0 Å².